The van der Waals surface area contributed by atoms with E-state index in [2.05, 4.69) is 6.58 Å². The SMILES string of the molecule is C=CCc1ccc(O)c(B2OC(C)(C)C(C)(C)O2)c1. The first-order valence-corrected chi connectivity index (χ1v) is 6.55. The number of hydrogen-bond acceptors (Lipinski definition) is 3. The topological polar surface area (TPSA) is 38.7 Å². The van der Waals surface area contributed by atoms with Gasteiger partial charge in [-0.05, 0) is 45.7 Å². The van der Waals surface area contributed by atoms with Crippen molar-refractivity contribution in [1.82, 2.24) is 0 Å². The Kier molecular flexibility index (Phi) is 3.50. The molecule has 1 aromatic rings. The Morgan fingerprint density at radius 1 is 1.21 bits per heavy atom. The van der Waals surface area contributed by atoms with Gasteiger partial charge in [-0.25, -0.2) is 0 Å². The van der Waals surface area contributed by atoms with Crippen LogP contribution in [-0.4, -0.2) is 23.4 Å². The van der Waals surface area contributed by atoms with Crippen LogP contribution in [0.15, 0.2) is 30.9 Å². The lowest BCUT2D eigenvalue weighted by atomic mass is 9.77. The lowest BCUT2D eigenvalue weighted by molar-refractivity contribution is 0.00578. The van der Waals surface area contributed by atoms with Crippen LogP contribution >= 0.6 is 0 Å². The van der Waals surface area contributed by atoms with E-state index in [0.29, 0.717) is 5.46 Å². The van der Waals surface area contributed by atoms with Gasteiger partial charge in [0.2, 0.25) is 0 Å². The molecular weight excluding hydrogens is 239 g/mol. The summed E-state index contributed by atoms with van der Waals surface area (Å²) in [6.45, 7) is 11.7. The van der Waals surface area contributed by atoms with Crippen LogP contribution in [0.25, 0.3) is 0 Å². The van der Waals surface area contributed by atoms with Crippen LogP contribution in [0.3, 0.4) is 0 Å². The van der Waals surface area contributed by atoms with E-state index >= 15 is 0 Å². The normalized spacial score (nSPS) is 20.5. The van der Waals surface area contributed by atoms with Gasteiger partial charge < -0.3 is 14.4 Å². The Labute approximate surface area is 115 Å². The molecule has 1 aromatic carbocycles. The molecule has 19 heavy (non-hydrogen) atoms. The highest BCUT2D eigenvalue weighted by Crippen LogP contribution is 2.37. The summed E-state index contributed by atoms with van der Waals surface area (Å²) < 4.78 is 11.9. The van der Waals surface area contributed by atoms with Crippen molar-refractivity contribution in [3.63, 3.8) is 0 Å². The van der Waals surface area contributed by atoms with E-state index in [1.807, 2.05) is 45.9 Å². The maximum atomic E-state index is 10.0. The van der Waals surface area contributed by atoms with Gasteiger partial charge >= 0.3 is 7.12 Å². The molecule has 1 heterocycles. The Hall–Kier alpha value is -1.26. The third-order valence-corrected chi connectivity index (χ3v) is 3.98. The van der Waals surface area contributed by atoms with Crippen LogP contribution < -0.4 is 5.46 Å². The zero-order valence-electron chi connectivity index (χ0n) is 12.1. The molecule has 0 bridgehead atoms. The summed E-state index contributed by atoms with van der Waals surface area (Å²) in [4.78, 5) is 0. The summed E-state index contributed by atoms with van der Waals surface area (Å²) in [5.41, 5.74) is 0.951. The number of hydrogen-bond donors (Lipinski definition) is 1. The smallest absolute Gasteiger partial charge is 0.498 e. The zero-order valence-corrected chi connectivity index (χ0v) is 12.1. The van der Waals surface area contributed by atoms with Gasteiger partial charge in [0.05, 0.1) is 11.2 Å². The summed E-state index contributed by atoms with van der Waals surface area (Å²) in [5.74, 6) is 0.200. The second kappa shape index (κ2) is 4.69. The van der Waals surface area contributed by atoms with Crippen molar-refractivity contribution in [3.8, 4) is 5.75 Å². The first kappa shape index (κ1) is 14.2. The molecule has 4 heteroatoms. The Balaban J connectivity index is 2.33. The molecule has 1 N–H and O–H groups in total. The molecule has 0 spiro atoms. The molecule has 0 unspecified atom stereocenters. The molecule has 1 fully saturated rings. The minimum atomic E-state index is -0.533. The first-order valence-electron chi connectivity index (χ1n) is 6.55. The number of allylic oxidation sites excluding steroid dienone is 1. The average Bonchev–Trinajstić information content (AvgIpc) is 2.51. The van der Waals surface area contributed by atoms with Gasteiger partial charge in [0.1, 0.15) is 5.75 Å². The number of phenolic OH excluding ortho intramolecular Hbond substituents is 1. The molecule has 0 amide bonds. The molecule has 0 atom stereocenters. The van der Waals surface area contributed by atoms with Gasteiger partial charge in [-0.3, -0.25) is 0 Å². The van der Waals surface area contributed by atoms with Gasteiger partial charge in [-0.1, -0.05) is 18.2 Å². The van der Waals surface area contributed by atoms with Crippen molar-refractivity contribution in [2.45, 2.75) is 45.3 Å². The summed E-state index contributed by atoms with van der Waals surface area (Å²) in [7, 11) is -0.533. The molecule has 102 valence electrons. The van der Waals surface area contributed by atoms with Gasteiger partial charge in [0.25, 0.3) is 0 Å². The van der Waals surface area contributed by atoms with Crippen molar-refractivity contribution in [2.24, 2.45) is 0 Å². The van der Waals surface area contributed by atoms with E-state index in [4.69, 9.17) is 9.31 Å². The van der Waals surface area contributed by atoms with E-state index in [9.17, 15) is 5.11 Å². The standard InChI is InChI=1S/C15H21BO3/c1-6-7-11-8-9-13(17)12(10-11)16-18-14(2,3)15(4,5)19-16/h6,8-10,17H,1,7H2,2-5H3. The largest absolute Gasteiger partial charge is 0.508 e. The van der Waals surface area contributed by atoms with Crippen LogP contribution in [-0.2, 0) is 15.7 Å². The Morgan fingerprint density at radius 2 is 1.79 bits per heavy atom. The second-order valence-corrected chi connectivity index (χ2v) is 5.97. The molecule has 0 aliphatic carbocycles. The van der Waals surface area contributed by atoms with Crippen LogP contribution in [0.1, 0.15) is 33.3 Å². The predicted octanol–water partition coefficient (Wildman–Crippen LogP) is 2.42. The molecule has 1 aliphatic heterocycles. The summed E-state index contributed by atoms with van der Waals surface area (Å²) in [6, 6.07) is 5.48. The van der Waals surface area contributed by atoms with Crippen LogP contribution in [0.2, 0.25) is 0 Å². The van der Waals surface area contributed by atoms with Crippen molar-refractivity contribution < 1.29 is 14.4 Å². The van der Waals surface area contributed by atoms with E-state index < -0.39 is 18.3 Å². The lowest BCUT2D eigenvalue weighted by Gasteiger charge is -2.32. The minimum absolute atomic E-state index is 0.200. The molecule has 1 saturated heterocycles. The quantitative estimate of drug-likeness (QED) is 0.670. The fourth-order valence-corrected chi connectivity index (χ4v) is 2.06. The van der Waals surface area contributed by atoms with Crippen molar-refractivity contribution in [3.05, 3.63) is 36.4 Å². The summed E-state index contributed by atoms with van der Waals surface area (Å²) in [6.07, 6.45) is 2.59. The maximum absolute atomic E-state index is 10.0. The monoisotopic (exact) mass is 260 g/mol. The predicted molar refractivity (Wildman–Crippen MR) is 77.7 cm³/mol. The average molecular weight is 260 g/mol. The van der Waals surface area contributed by atoms with Crippen LogP contribution in [0.5, 0.6) is 5.75 Å². The van der Waals surface area contributed by atoms with Crippen molar-refractivity contribution >= 4 is 12.6 Å². The van der Waals surface area contributed by atoms with E-state index in [1.54, 1.807) is 6.07 Å². The van der Waals surface area contributed by atoms with E-state index in [-0.39, 0.29) is 5.75 Å². The highest BCUT2D eigenvalue weighted by atomic mass is 16.7. The van der Waals surface area contributed by atoms with Crippen molar-refractivity contribution in [2.75, 3.05) is 0 Å². The lowest BCUT2D eigenvalue weighted by Crippen LogP contribution is -2.41. The Bertz CT molecular complexity index is 478. The number of rotatable bonds is 3. The highest BCUT2D eigenvalue weighted by Gasteiger charge is 2.52. The molecule has 3 nitrogen and oxygen atoms in total. The number of benzene rings is 1. The Morgan fingerprint density at radius 3 is 2.32 bits per heavy atom. The van der Waals surface area contributed by atoms with Crippen molar-refractivity contribution in [1.29, 1.82) is 0 Å². The minimum Gasteiger partial charge on any atom is -0.508 e. The fraction of sp³-hybridized carbons (Fsp3) is 0.467. The number of aromatic hydroxyl groups is 1. The summed E-state index contributed by atoms with van der Waals surface area (Å²) in [5, 5.41) is 10.0. The highest BCUT2D eigenvalue weighted by molar-refractivity contribution is 6.63. The zero-order chi connectivity index (χ0) is 14.3. The molecular formula is C15H21BO3. The third kappa shape index (κ3) is 2.56. The second-order valence-electron chi connectivity index (χ2n) is 5.97. The van der Waals surface area contributed by atoms with Gasteiger partial charge in [-0.2, -0.15) is 0 Å². The molecule has 2 rings (SSSR count). The molecule has 0 aromatic heterocycles. The molecule has 0 radical (unpaired) electrons. The van der Waals surface area contributed by atoms with Crippen LogP contribution in [0.4, 0.5) is 0 Å². The summed E-state index contributed by atoms with van der Waals surface area (Å²) >= 11 is 0. The number of phenols is 1. The fourth-order valence-electron chi connectivity index (χ4n) is 2.06. The third-order valence-electron chi connectivity index (χ3n) is 3.98. The first-order chi connectivity index (χ1) is 8.77. The molecule has 1 aliphatic rings. The van der Waals surface area contributed by atoms with E-state index in [1.165, 1.54) is 0 Å². The van der Waals surface area contributed by atoms with Crippen LogP contribution in [0, 0.1) is 0 Å². The molecule has 0 saturated carbocycles. The van der Waals surface area contributed by atoms with Gasteiger partial charge in [0.15, 0.2) is 0 Å². The van der Waals surface area contributed by atoms with E-state index in [0.717, 1.165) is 12.0 Å². The van der Waals surface area contributed by atoms with Gasteiger partial charge in [0, 0.05) is 5.46 Å². The maximum Gasteiger partial charge on any atom is 0.498 e. The van der Waals surface area contributed by atoms with Gasteiger partial charge in [-0.15, -0.1) is 6.58 Å².